The van der Waals surface area contributed by atoms with Crippen LogP contribution in [0, 0.1) is 5.82 Å². The normalized spacial score (nSPS) is 10.2. The van der Waals surface area contributed by atoms with E-state index in [2.05, 4.69) is 5.32 Å². The summed E-state index contributed by atoms with van der Waals surface area (Å²) < 4.78 is 13.5. The molecular formula is C12H11ClFN3. The Kier molecular flexibility index (Phi) is 3.06. The third-order valence-corrected chi connectivity index (χ3v) is 2.53. The van der Waals surface area contributed by atoms with Crippen molar-refractivity contribution >= 4 is 34.4 Å². The highest BCUT2D eigenvalue weighted by Crippen LogP contribution is 2.25. The molecule has 0 radical (unpaired) electrons. The number of benzene rings is 2. The lowest BCUT2D eigenvalue weighted by molar-refractivity contribution is 0.632. The Hall–Kier alpha value is -1.94. The molecule has 0 aliphatic heterocycles. The number of halogens is 2. The second-order valence-corrected chi connectivity index (χ2v) is 4.03. The molecule has 0 spiro atoms. The number of hydrogen-bond donors (Lipinski definition) is 3. The fourth-order valence-corrected chi connectivity index (χ4v) is 1.56. The lowest BCUT2D eigenvalue weighted by Gasteiger charge is -2.09. The summed E-state index contributed by atoms with van der Waals surface area (Å²) in [6.45, 7) is 0. The van der Waals surface area contributed by atoms with Gasteiger partial charge in [-0.05, 0) is 36.4 Å². The van der Waals surface area contributed by atoms with Crippen molar-refractivity contribution < 1.29 is 4.39 Å². The van der Waals surface area contributed by atoms with Crippen molar-refractivity contribution in [3.63, 3.8) is 0 Å². The lowest BCUT2D eigenvalue weighted by atomic mass is 10.2. The quantitative estimate of drug-likeness (QED) is 0.717. The van der Waals surface area contributed by atoms with Gasteiger partial charge in [0.15, 0.2) is 0 Å². The van der Waals surface area contributed by atoms with Gasteiger partial charge in [-0.25, -0.2) is 4.39 Å². The molecule has 0 aliphatic carbocycles. The van der Waals surface area contributed by atoms with E-state index in [4.69, 9.17) is 23.1 Å². The molecule has 17 heavy (non-hydrogen) atoms. The number of nitrogen functional groups attached to an aromatic ring is 2. The highest BCUT2D eigenvalue weighted by Gasteiger charge is 2.04. The van der Waals surface area contributed by atoms with E-state index in [0.29, 0.717) is 27.8 Å². The molecule has 2 aromatic rings. The minimum absolute atomic E-state index is 0.332. The summed E-state index contributed by atoms with van der Waals surface area (Å²) in [6, 6.07) is 9.43. The van der Waals surface area contributed by atoms with Gasteiger partial charge in [-0.15, -0.1) is 0 Å². The third-order valence-electron chi connectivity index (χ3n) is 2.30. The van der Waals surface area contributed by atoms with Gasteiger partial charge in [0.1, 0.15) is 5.82 Å². The van der Waals surface area contributed by atoms with Crippen LogP contribution in [0.15, 0.2) is 36.4 Å². The largest absolute Gasteiger partial charge is 0.397 e. The maximum absolute atomic E-state index is 13.5. The molecule has 5 N–H and O–H groups in total. The first-order valence-electron chi connectivity index (χ1n) is 4.93. The second-order valence-electron chi connectivity index (χ2n) is 3.59. The standard InChI is InChI=1S/C12H11ClFN3/c13-7-1-4-12(9(14)5-7)17-8-2-3-10(15)11(16)6-8/h1-6,17H,15-16H2. The minimum Gasteiger partial charge on any atom is -0.397 e. The zero-order chi connectivity index (χ0) is 12.4. The summed E-state index contributed by atoms with van der Waals surface area (Å²) in [5.41, 5.74) is 13.2. The SMILES string of the molecule is Nc1ccc(Nc2ccc(Cl)cc2F)cc1N. The highest BCUT2D eigenvalue weighted by molar-refractivity contribution is 6.30. The molecule has 0 atom stereocenters. The van der Waals surface area contributed by atoms with E-state index in [0.717, 1.165) is 0 Å². The summed E-state index contributed by atoms with van der Waals surface area (Å²) in [4.78, 5) is 0. The van der Waals surface area contributed by atoms with Gasteiger partial charge < -0.3 is 16.8 Å². The van der Waals surface area contributed by atoms with E-state index in [9.17, 15) is 4.39 Å². The van der Waals surface area contributed by atoms with Crippen LogP contribution < -0.4 is 16.8 Å². The highest BCUT2D eigenvalue weighted by atomic mass is 35.5. The molecule has 0 heterocycles. The van der Waals surface area contributed by atoms with Gasteiger partial charge >= 0.3 is 0 Å². The van der Waals surface area contributed by atoms with Crippen LogP contribution in [0.3, 0.4) is 0 Å². The van der Waals surface area contributed by atoms with E-state index in [1.54, 1.807) is 30.3 Å². The Morgan fingerprint density at radius 3 is 2.41 bits per heavy atom. The van der Waals surface area contributed by atoms with Gasteiger partial charge in [-0.3, -0.25) is 0 Å². The van der Waals surface area contributed by atoms with Gasteiger partial charge in [0.25, 0.3) is 0 Å². The molecule has 0 amide bonds. The molecule has 0 saturated carbocycles. The van der Waals surface area contributed by atoms with E-state index < -0.39 is 5.82 Å². The topological polar surface area (TPSA) is 64.1 Å². The van der Waals surface area contributed by atoms with Crippen LogP contribution in [0.25, 0.3) is 0 Å². The summed E-state index contributed by atoms with van der Waals surface area (Å²) in [5.74, 6) is -0.423. The number of anilines is 4. The molecule has 0 fully saturated rings. The van der Waals surface area contributed by atoms with Crippen LogP contribution in [-0.4, -0.2) is 0 Å². The van der Waals surface area contributed by atoms with Gasteiger partial charge in [0, 0.05) is 10.7 Å². The van der Waals surface area contributed by atoms with Gasteiger partial charge in [-0.2, -0.15) is 0 Å². The summed E-state index contributed by atoms with van der Waals surface area (Å²) in [6.07, 6.45) is 0. The average Bonchev–Trinajstić information content (AvgIpc) is 2.27. The predicted molar refractivity (Wildman–Crippen MR) is 70.0 cm³/mol. The van der Waals surface area contributed by atoms with Gasteiger partial charge in [0.05, 0.1) is 17.1 Å². The molecule has 88 valence electrons. The number of nitrogens with one attached hydrogen (secondary N) is 1. The molecule has 5 heteroatoms. The molecule has 0 unspecified atom stereocenters. The fraction of sp³-hybridized carbons (Fsp3) is 0. The van der Waals surface area contributed by atoms with Crippen LogP contribution in [0.2, 0.25) is 5.02 Å². The van der Waals surface area contributed by atoms with Crippen molar-refractivity contribution in [3.8, 4) is 0 Å². The monoisotopic (exact) mass is 251 g/mol. The Balaban J connectivity index is 2.28. The maximum Gasteiger partial charge on any atom is 0.148 e. The van der Waals surface area contributed by atoms with Crippen molar-refractivity contribution in [2.45, 2.75) is 0 Å². The Morgan fingerprint density at radius 1 is 1.00 bits per heavy atom. The van der Waals surface area contributed by atoms with Crippen LogP contribution in [0.1, 0.15) is 0 Å². The van der Waals surface area contributed by atoms with E-state index in [1.807, 2.05) is 0 Å². The minimum atomic E-state index is -0.423. The zero-order valence-electron chi connectivity index (χ0n) is 8.87. The molecular weight excluding hydrogens is 241 g/mol. The second kappa shape index (κ2) is 4.51. The molecule has 0 bridgehead atoms. The molecule has 2 aromatic carbocycles. The van der Waals surface area contributed by atoms with Gasteiger partial charge in [0.2, 0.25) is 0 Å². The Morgan fingerprint density at radius 2 is 1.76 bits per heavy atom. The molecule has 2 rings (SSSR count). The van der Waals surface area contributed by atoms with E-state index in [-0.39, 0.29) is 0 Å². The zero-order valence-corrected chi connectivity index (χ0v) is 9.63. The Labute approximate surface area is 103 Å². The summed E-state index contributed by atoms with van der Waals surface area (Å²) >= 11 is 5.66. The molecule has 0 aromatic heterocycles. The van der Waals surface area contributed by atoms with Crippen LogP contribution >= 0.6 is 11.6 Å². The Bertz CT molecular complexity index is 557. The number of hydrogen-bond acceptors (Lipinski definition) is 3. The number of rotatable bonds is 2. The first kappa shape index (κ1) is 11.5. The van der Waals surface area contributed by atoms with Crippen LogP contribution in [0.5, 0.6) is 0 Å². The average molecular weight is 252 g/mol. The van der Waals surface area contributed by atoms with E-state index >= 15 is 0 Å². The van der Waals surface area contributed by atoms with Crippen LogP contribution in [-0.2, 0) is 0 Å². The smallest absolute Gasteiger partial charge is 0.148 e. The molecule has 0 aliphatic rings. The third kappa shape index (κ3) is 2.60. The fourth-order valence-electron chi connectivity index (χ4n) is 1.40. The first-order valence-corrected chi connectivity index (χ1v) is 5.31. The van der Waals surface area contributed by atoms with Crippen LogP contribution in [0.4, 0.5) is 27.1 Å². The van der Waals surface area contributed by atoms with Crippen molar-refractivity contribution in [1.29, 1.82) is 0 Å². The number of nitrogens with two attached hydrogens (primary N) is 2. The molecule has 3 nitrogen and oxygen atoms in total. The predicted octanol–water partition coefficient (Wildman–Crippen LogP) is 3.39. The first-order chi connectivity index (χ1) is 8.06. The van der Waals surface area contributed by atoms with E-state index in [1.165, 1.54) is 6.07 Å². The summed E-state index contributed by atoms with van der Waals surface area (Å²) in [7, 11) is 0. The van der Waals surface area contributed by atoms with Crippen molar-refractivity contribution in [2.24, 2.45) is 0 Å². The van der Waals surface area contributed by atoms with Crippen molar-refractivity contribution in [3.05, 3.63) is 47.2 Å². The van der Waals surface area contributed by atoms with Crippen molar-refractivity contribution in [2.75, 3.05) is 16.8 Å². The lowest BCUT2D eigenvalue weighted by Crippen LogP contribution is -1.98. The maximum atomic E-state index is 13.5. The molecule has 0 saturated heterocycles. The van der Waals surface area contributed by atoms with Gasteiger partial charge in [-0.1, -0.05) is 11.6 Å². The van der Waals surface area contributed by atoms with Crippen molar-refractivity contribution in [1.82, 2.24) is 0 Å². The summed E-state index contributed by atoms with van der Waals surface area (Å²) in [5, 5.41) is 3.25.